The van der Waals surface area contributed by atoms with Gasteiger partial charge in [0.1, 0.15) is 11.4 Å². The molecule has 1 spiro atoms. The number of aromatic nitrogens is 1. The van der Waals surface area contributed by atoms with E-state index in [-0.39, 0.29) is 35.2 Å². The average molecular weight is 525 g/mol. The van der Waals surface area contributed by atoms with Gasteiger partial charge in [0.15, 0.2) is 6.23 Å². The van der Waals surface area contributed by atoms with Gasteiger partial charge in [-0.15, -0.1) is 0 Å². The van der Waals surface area contributed by atoms with Crippen molar-refractivity contribution >= 4 is 6.41 Å². The van der Waals surface area contributed by atoms with Gasteiger partial charge < -0.3 is 9.64 Å². The Balaban J connectivity index is 1.14. The molecular formula is C26H25F6N3O2. The van der Waals surface area contributed by atoms with E-state index in [1.807, 2.05) is 0 Å². The molecule has 4 aliphatic rings. The molecule has 2 saturated heterocycles. The van der Waals surface area contributed by atoms with Crippen LogP contribution in [0.4, 0.5) is 26.3 Å². The van der Waals surface area contributed by atoms with Gasteiger partial charge in [0.05, 0.1) is 11.7 Å². The summed E-state index contributed by atoms with van der Waals surface area (Å²) in [7, 11) is 0. The van der Waals surface area contributed by atoms with Crippen LogP contribution >= 0.6 is 0 Å². The molecule has 6 rings (SSSR count). The molecule has 11 heteroatoms. The molecule has 2 atom stereocenters. The van der Waals surface area contributed by atoms with Crippen molar-refractivity contribution in [3.8, 4) is 5.75 Å². The fraction of sp³-hybridized carbons (Fsp3) is 0.538. The molecular weight excluding hydrogens is 500 g/mol. The molecule has 0 radical (unpaired) electrons. The number of halogens is 6. The van der Waals surface area contributed by atoms with Crippen LogP contribution in [0.25, 0.3) is 0 Å². The van der Waals surface area contributed by atoms with Gasteiger partial charge in [-0.3, -0.25) is 9.78 Å². The van der Waals surface area contributed by atoms with E-state index in [4.69, 9.17) is 4.74 Å². The lowest BCUT2D eigenvalue weighted by molar-refractivity contribution is -0.243. The van der Waals surface area contributed by atoms with Crippen LogP contribution in [-0.4, -0.2) is 46.7 Å². The summed E-state index contributed by atoms with van der Waals surface area (Å²) in [5.74, 6) is 0.352. The Morgan fingerprint density at radius 3 is 2.27 bits per heavy atom. The maximum atomic E-state index is 13.4. The second-order valence-corrected chi connectivity index (χ2v) is 10.7. The predicted octanol–water partition coefficient (Wildman–Crippen LogP) is 5.77. The Morgan fingerprint density at radius 1 is 0.973 bits per heavy atom. The third-order valence-electron chi connectivity index (χ3n) is 8.28. The first kappa shape index (κ1) is 24.5. The fourth-order valence-corrected chi connectivity index (χ4v) is 6.27. The minimum absolute atomic E-state index is 0.0581. The molecule has 2 aliphatic heterocycles. The van der Waals surface area contributed by atoms with Gasteiger partial charge in [-0.25, -0.2) is 4.90 Å². The number of carbonyl (C=O) groups excluding carboxylic acids is 1. The van der Waals surface area contributed by atoms with Crippen LogP contribution in [0.5, 0.6) is 5.75 Å². The van der Waals surface area contributed by atoms with E-state index in [0.717, 1.165) is 36.9 Å². The summed E-state index contributed by atoms with van der Waals surface area (Å²) < 4.78 is 84.9. The second kappa shape index (κ2) is 8.34. The number of alkyl halides is 6. The molecule has 2 unspecified atom stereocenters. The summed E-state index contributed by atoms with van der Waals surface area (Å²) in [6.45, 7) is 1.24. The third kappa shape index (κ3) is 4.24. The highest BCUT2D eigenvalue weighted by atomic mass is 19.4. The summed E-state index contributed by atoms with van der Waals surface area (Å²) in [5, 5.41) is 0. The van der Waals surface area contributed by atoms with Crippen molar-refractivity contribution < 1.29 is 35.9 Å². The van der Waals surface area contributed by atoms with Crippen molar-refractivity contribution in [2.75, 3.05) is 13.1 Å². The van der Waals surface area contributed by atoms with Gasteiger partial charge in [-0.2, -0.15) is 26.3 Å². The first-order valence-electron chi connectivity index (χ1n) is 12.4. The lowest BCUT2D eigenvalue weighted by Crippen LogP contribution is -2.77. The quantitative estimate of drug-likeness (QED) is 0.355. The van der Waals surface area contributed by atoms with Gasteiger partial charge in [0.25, 0.3) is 0 Å². The van der Waals surface area contributed by atoms with Gasteiger partial charge in [-0.05, 0) is 72.9 Å². The number of amides is 1. The molecule has 1 aromatic carbocycles. The highest BCUT2D eigenvalue weighted by Gasteiger charge is 2.63. The predicted molar refractivity (Wildman–Crippen MR) is 119 cm³/mol. The molecule has 0 N–H and O–H groups in total. The average Bonchev–Trinajstić information content (AvgIpc) is 3.63. The lowest BCUT2D eigenvalue weighted by atomic mass is 9.53. The van der Waals surface area contributed by atoms with Gasteiger partial charge in [0.2, 0.25) is 6.41 Å². The molecule has 2 aromatic rings. The summed E-state index contributed by atoms with van der Waals surface area (Å²) >= 11 is 0. The summed E-state index contributed by atoms with van der Waals surface area (Å²) in [4.78, 5) is 19.0. The van der Waals surface area contributed by atoms with E-state index in [0.29, 0.717) is 38.1 Å². The Bertz CT molecular complexity index is 1190. The Kier molecular flexibility index (Phi) is 5.53. The number of ether oxygens (including phenoxy) is 1. The van der Waals surface area contributed by atoms with E-state index in [1.54, 1.807) is 4.90 Å². The third-order valence-corrected chi connectivity index (χ3v) is 8.28. The zero-order chi connectivity index (χ0) is 26.2. The summed E-state index contributed by atoms with van der Waals surface area (Å²) in [5.41, 5.74) is -0.702. The van der Waals surface area contributed by atoms with Gasteiger partial charge >= 0.3 is 12.4 Å². The highest BCUT2D eigenvalue weighted by molar-refractivity contribution is 5.52. The topological polar surface area (TPSA) is 45.7 Å². The second-order valence-electron chi connectivity index (χ2n) is 10.7. The first-order valence-corrected chi connectivity index (χ1v) is 12.4. The maximum absolute atomic E-state index is 13.4. The molecule has 3 heterocycles. The monoisotopic (exact) mass is 525 g/mol. The largest absolute Gasteiger partial charge is 0.475 e. The maximum Gasteiger partial charge on any atom is 0.433 e. The number of pyridine rings is 1. The Morgan fingerprint density at radius 2 is 1.73 bits per heavy atom. The molecule has 2 aliphatic carbocycles. The minimum Gasteiger partial charge on any atom is -0.475 e. The lowest BCUT2D eigenvalue weighted by Gasteiger charge is -2.68. The van der Waals surface area contributed by atoms with Crippen molar-refractivity contribution in [2.45, 2.75) is 68.7 Å². The highest BCUT2D eigenvalue weighted by Crippen LogP contribution is 2.61. The zero-order valence-electron chi connectivity index (χ0n) is 19.7. The molecule has 198 valence electrons. The molecule has 1 aromatic heterocycles. The van der Waals surface area contributed by atoms with Crippen LogP contribution in [0.15, 0.2) is 36.5 Å². The minimum atomic E-state index is -4.48. The summed E-state index contributed by atoms with van der Waals surface area (Å²) in [6.07, 6.45) is -3.81. The van der Waals surface area contributed by atoms with Crippen LogP contribution < -0.4 is 4.74 Å². The van der Waals surface area contributed by atoms with Crippen LogP contribution in [0.3, 0.4) is 0 Å². The van der Waals surface area contributed by atoms with E-state index >= 15 is 0 Å². The van der Waals surface area contributed by atoms with Crippen molar-refractivity contribution in [2.24, 2.45) is 5.41 Å². The van der Waals surface area contributed by atoms with Crippen molar-refractivity contribution in [3.63, 3.8) is 0 Å². The van der Waals surface area contributed by atoms with Crippen molar-refractivity contribution in [3.05, 3.63) is 58.9 Å². The van der Waals surface area contributed by atoms with E-state index in [9.17, 15) is 31.1 Å². The fourth-order valence-electron chi connectivity index (χ4n) is 6.27. The first-order chi connectivity index (χ1) is 17.5. The normalized spacial score (nSPS) is 29.9. The Hall–Kier alpha value is -2.82. The zero-order valence-corrected chi connectivity index (χ0v) is 19.7. The van der Waals surface area contributed by atoms with E-state index in [2.05, 4.69) is 9.88 Å². The van der Waals surface area contributed by atoms with Gasteiger partial charge in [-0.1, -0.05) is 6.07 Å². The molecule has 5 nitrogen and oxygen atoms in total. The smallest absolute Gasteiger partial charge is 0.433 e. The summed E-state index contributed by atoms with van der Waals surface area (Å²) in [6, 6.07) is 6.41. The Labute approximate surface area is 209 Å². The number of benzene rings is 1. The molecule has 2 saturated carbocycles. The van der Waals surface area contributed by atoms with Gasteiger partial charge in [0, 0.05) is 31.1 Å². The van der Waals surface area contributed by atoms with Crippen LogP contribution in [0.1, 0.15) is 66.3 Å². The molecule has 0 bridgehead atoms. The molecule has 4 fully saturated rings. The number of nitrogens with zero attached hydrogens (tertiary/aromatic N) is 3. The van der Waals surface area contributed by atoms with E-state index < -0.39 is 23.6 Å². The van der Waals surface area contributed by atoms with Crippen LogP contribution in [-0.2, 0) is 17.1 Å². The number of hydrogen-bond donors (Lipinski definition) is 0. The molecule has 37 heavy (non-hydrogen) atoms. The van der Waals surface area contributed by atoms with Crippen molar-refractivity contribution in [1.82, 2.24) is 14.8 Å². The van der Waals surface area contributed by atoms with Crippen molar-refractivity contribution in [1.29, 1.82) is 0 Å². The van der Waals surface area contributed by atoms with Crippen LogP contribution in [0, 0.1) is 5.41 Å². The van der Waals surface area contributed by atoms with E-state index in [1.165, 1.54) is 24.4 Å². The molecule has 1 amide bonds. The van der Waals surface area contributed by atoms with Crippen LogP contribution in [0.2, 0.25) is 0 Å². The number of rotatable bonds is 6. The number of hydrogen-bond acceptors (Lipinski definition) is 4. The standard InChI is InChI=1S/C26H25F6N3O2/c27-25(28,29)20-5-4-18(9-19(20)15-1-2-15)37-22-7-8-35(22)23-24(13-34(23)14-36)10-17(11-24)16-3-6-21(33-12-16)26(30,31)32/h3-6,9,12,14-15,17,22-23H,1-2,7-8,10-11,13H2. The number of likely N-dealkylation sites (tertiary alicyclic amines) is 2. The SMILES string of the molecule is O=CN1CC2(CC(c3ccc(C(F)(F)F)nc3)C2)C1N1CCC1Oc1ccc(C(F)(F)F)c(C2CC2)c1. The number of carbonyl (C=O) groups is 1.